The van der Waals surface area contributed by atoms with Crippen LogP contribution in [-0.2, 0) is 0 Å². The highest BCUT2D eigenvalue weighted by atomic mass is 16.5. The highest BCUT2D eigenvalue weighted by Crippen LogP contribution is 2.24. The number of methoxy groups -OCH3 is 1. The van der Waals surface area contributed by atoms with E-state index in [1.54, 1.807) is 7.11 Å². The number of ether oxygens (including phenoxy) is 1. The lowest BCUT2D eigenvalue weighted by molar-refractivity contribution is 0.0917. The number of carbonyl (C=O) groups is 1. The molecule has 2 aromatic rings. The number of hydrogen-bond donors (Lipinski definition) is 3. The number of aliphatic hydroxyl groups is 1. The molecule has 1 atom stereocenters. The standard InChI is InChI=1S/C17H23N3O3/c1-11(2)15(8-9-21)19-17(22)14-10-18-20-16(14)12-4-6-13(23-3)7-5-12/h4-7,10-11,15,21H,8-9H2,1-3H3,(H,18,20)(H,19,22). The van der Waals surface area contributed by atoms with Crippen LogP contribution in [0.2, 0.25) is 0 Å². The number of hydrogen-bond acceptors (Lipinski definition) is 4. The van der Waals surface area contributed by atoms with Gasteiger partial charge in [-0.25, -0.2) is 0 Å². The van der Waals surface area contributed by atoms with Crippen molar-refractivity contribution in [3.63, 3.8) is 0 Å². The first-order valence-electron chi connectivity index (χ1n) is 7.66. The van der Waals surface area contributed by atoms with Crippen LogP contribution in [0.4, 0.5) is 0 Å². The minimum Gasteiger partial charge on any atom is -0.497 e. The summed E-state index contributed by atoms with van der Waals surface area (Å²) in [5.41, 5.74) is 2.01. The summed E-state index contributed by atoms with van der Waals surface area (Å²) in [6, 6.07) is 7.33. The fourth-order valence-corrected chi connectivity index (χ4v) is 2.39. The lowest BCUT2D eigenvalue weighted by Gasteiger charge is -2.21. The first kappa shape index (κ1) is 17.0. The van der Waals surface area contributed by atoms with Gasteiger partial charge >= 0.3 is 0 Å². The van der Waals surface area contributed by atoms with Gasteiger partial charge in [0.05, 0.1) is 24.6 Å². The third-order valence-corrected chi connectivity index (χ3v) is 3.82. The molecular formula is C17H23N3O3. The van der Waals surface area contributed by atoms with E-state index in [4.69, 9.17) is 9.84 Å². The van der Waals surface area contributed by atoms with Gasteiger partial charge in [0.15, 0.2) is 0 Å². The molecule has 0 bridgehead atoms. The molecule has 0 saturated carbocycles. The largest absolute Gasteiger partial charge is 0.497 e. The molecule has 1 aromatic heterocycles. The van der Waals surface area contributed by atoms with Gasteiger partial charge in [0.2, 0.25) is 0 Å². The molecule has 1 heterocycles. The molecule has 0 spiro atoms. The lowest BCUT2D eigenvalue weighted by atomic mass is 10.0. The van der Waals surface area contributed by atoms with Gasteiger partial charge in [-0.1, -0.05) is 13.8 Å². The molecule has 0 radical (unpaired) electrons. The summed E-state index contributed by atoms with van der Waals surface area (Å²) in [5, 5.41) is 19.0. The Morgan fingerprint density at radius 1 is 1.35 bits per heavy atom. The maximum absolute atomic E-state index is 12.5. The van der Waals surface area contributed by atoms with Crippen LogP contribution in [0.3, 0.4) is 0 Å². The average molecular weight is 317 g/mol. The Kier molecular flexibility index (Phi) is 5.76. The van der Waals surface area contributed by atoms with Crippen molar-refractivity contribution >= 4 is 5.91 Å². The Hall–Kier alpha value is -2.34. The second-order valence-electron chi connectivity index (χ2n) is 5.72. The van der Waals surface area contributed by atoms with Crippen LogP contribution in [0.15, 0.2) is 30.5 Å². The van der Waals surface area contributed by atoms with Crippen molar-refractivity contribution < 1.29 is 14.6 Å². The lowest BCUT2D eigenvalue weighted by Crippen LogP contribution is -2.39. The third kappa shape index (κ3) is 4.10. The predicted octanol–water partition coefficient (Wildman–Crippen LogP) is 2.22. The van der Waals surface area contributed by atoms with Gasteiger partial charge in [0.1, 0.15) is 5.75 Å². The zero-order valence-electron chi connectivity index (χ0n) is 13.7. The molecule has 0 aliphatic heterocycles. The molecule has 1 amide bonds. The number of nitrogens with one attached hydrogen (secondary N) is 2. The maximum Gasteiger partial charge on any atom is 0.255 e. The topological polar surface area (TPSA) is 87.2 Å². The Balaban J connectivity index is 2.20. The van der Waals surface area contributed by atoms with Crippen molar-refractivity contribution in [2.24, 2.45) is 5.92 Å². The van der Waals surface area contributed by atoms with Crippen molar-refractivity contribution in [1.29, 1.82) is 0 Å². The van der Waals surface area contributed by atoms with E-state index in [9.17, 15) is 4.79 Å². The normalized spacial score (nSPS) is 12.2. The number of aromatic amines is 1. The highest BCUT2D eigenvalue weighted by molar-refractivity contribution is 5.99. The minimum atomic E-state index is -0.197. The second-order valence-corrected chi connectivity index (χ2v) is 5.72. The van der Waals surface area contributed by atoms with Crippen molar-refractivity contribution in [1.82, 2.24) is 15.5 Å². The SMILES string of the molecule is COc1ccc(-c2[nH]ncc2C(=O)NC(CCO)C(C)C)cc1. The molecule has 23 heavy (non-hydrogen) atoms. The number of aromatic nitrogens is 2. The van der Waals surface area contributed by atoms with Crippen LogP contribution in [0.1, 0.15) is 30.6 Å². The number of rotatable bonds is 7. The zero-order chi connectivity index (χ0) is 16.8. The predicted molar refractivity (Wildman–Crippen MR) is 88.4 cm³/mol. The van der Waals surface area contributed by atoms with E-state index in [1.165, 1.54) is 6.20 Å². The molecule has 0 aliphatic carbocycles. The van der Waals surface area contributed by atoms with Crippen molar-refractivity contribution in [2.75, 3.05) is 13.7 Å². The maximum atomic E-state index is 12.5. The molecule has 2 rings (SSSR count). The average Bonchev–Trinajstić information content (AvgIpc) is 3.04. The molecule has 1 unspecified atom stereocenters. The Morgan fingerprint density at radius 2 is 2.04 bits per heavy atom. The van der Waals surface area contributed by atoms with E-state index in [1.807, 2.05) is 38.1 Å². The van der Waals surface area contributed by atoms with Crippen LogP contribution in [0.25, 0.3) is 11.3 Å². The second kappa shape index (κ2) is 7.78. The van der Waals surface area contributed by atoms with Gasteiger partial charge in [-0.2, -0.15) is 5.10 Å². The van der Waals surface area contributed by atoms with Gasteiger partial charge in [0.25, 0.3) is 5.91 Å². The fraction of sp³-hybridized carbons (Fsp3) is 0.412. The molecule has 1 aromatic carbocycles. The Morgan fingerprint density at radius 3 is 2.61 bits per heavy atom. The van der Waals surface area contributed by atoms with Gasteiger partial charge in [-0.05, 0) is 36.6 Å². The van der Waals surface area contributed by atoms with E-state index >= 15 is 0 Å². The van der Waals surface area contributed by atoms with Crippen LogP contribution >= 0.6 is 0 Å². The van der Waals surface area contributed by atoms with Crippen molar-refractivity contribution in [2.45, 2.75) is 26.3 Å². The fourth-order valence-electron chi connectivity index (χ4n) is 2.39. The summed E-state index contributed by atoms with van der Waals surface area (Å²) < 4.78 is 5.14. The highest BCUT2D eigenvalue weighted by Gasteiger charge is 2.20. The van der Waals surface area contributed by atoms with Crippen molar-refractivity contribution in [3.8, 4) is 17.0 Å². The number of H-pyrrole nitrogens is 1. The van der Waals surface area contributed by atoms with Gasteiger partial charge < -0.3 is 15.2 Å². The van der Waals surface area contributed by atoms with E-state index in [0.717, 1.165) is 11.3 Å². The minimum absolute atomic E-state index is 0.0415. The van der Waals surface area contributed by atoms with E-state index in [-0.39, 0.29) is 24.5 Å². The molecule has 3 N–H and O–H groups in total. The van der Waals surface area contributed by atoms with Crippen LogP contribution in [0.5, 0.6) is 5.75 Å². The third-order valence-electron chi connectivity index (χ3n) is 3.82. The molecule has 124 valence electrons. The summed E-state index contributed by atoms with van der Waals surface area (Å²) in [6.07, 6.45) is 2.05. The van der Waals surface area contributed by atoms with E-state index in [0.29, 0.717) is 17.7 Å². The van der Waals surface area contributed by atoms with Gasteiger partial charge in [-0.15, -0.1) is 0 Å². The van der Waals surface area contributed by atoms with Crippen LogP contribution in [-0.4, -0.2) is 41.0 Å². The summed E-state index contributed by atoms with van der Waals surface area (Å²) >= 11 is 0. The Bertz CT molecular complexity index is 635. The smallest absolute Gasteiger partial charge is 0.255 e. The summed E-state index contributed by atoms with van der Waals surface area (Å²) in [5.74, 6) is 0.793. The monoisotopic (exact) mass is 317 g/mol. The first-order valence-corrected chi connectivity index (χ1v) is 7.66. The number of aliphatic hydroxyl groups excluding tert-OH is 1. The molecular weight excluding hydrogens is 294 g/mol. The summed E-state index contributed by atoms with van der Waals surface area (Å²) in [4.78, 5) is 12.5. The number of nitrogens with zero attached hydrogens (tertiary/aromatic N) is 1. The molecule has 0 aliphatic rings. The molecule has 6 heteroatoms. The van der Waals surface area contributed by atoms with E-state index in [2.05, 4.69) is 15.5 Å². The Labute approximate surface area is 135 Å². The summed E-state index contributed by atoms with van der Waals surface area (Å²) in [7, 11) is 1.61. The van der Waals surface area contributed by atoms with Gasteiger partial charge in [0, 0.05) is 18.2 Å². The molecule has 0 fully saturated rings. The zero-order valence-corrected chi connectivity index (χ0v) is 13.7. The number of amides is 1. The first-order chi connectivity index (χ1) is 11.1. The van der Waals surface area contributed by atoms with Crippen molar-refractivity contribution in [3.05, 3.63) is 36.0 Å². The number of carbonyl (C=O) groups excluding carboxylic acids is 1. The van der Waals surface area contributed by atoms with Crippen LogP contribution in [0, 0.1) is 5.92 Å². The number of benzene rings is 1. The van der Waals surface area contributed by atoms with Gasteiger partial charge in [-0.3, -0.25) is 9.89 Å². The molecule has 0 saturated heterocycles. The summed E-state index contributed by atoms with van der Waals surface area (Å²) in [6.45, 7) is 4.07. The van der Waals surface area contributed by atoms with E-state index < -0.39 is 0 Å². The quantitative estimate of drug-likeness (QED) is 0.731. The van der Waals surface area contributed by atoms with Crippen LogP contribution < -0.4 is 10.1 Å². The molecule has 6 nitrogen and oxygen atoms in total.